The van der Waals surface area contributed by atoms with Gasteiger partial charge in [-0.3, -0.25) is 0 Å². The number of hydrogen-bond acceptors (Lipinski definition) is 4. The molecule has 112 valence electrons. The van der Waals surface area contributed by atoms with Gasteiger partial charge < -0.3 is 9.84 Å². The Morgan fingerprint density at radius 1 is 1.48 bits per heavy atom. The Kier molecular flexibility index (Phi) is 4.57. The summed E-state index contributed by atoms with van der Waals surface area (Å²) in [5.41, 5.74) is 1.10. The third-order valence-electron chi connectivity index (χ3n) is 2.89. The molecule has 0 saturated heterocycles. The lowest BCUT2D eigenvalue weighted by Gasteiger charge is -2.03. The van der Waals surface area contributed by atoms with Crippen molar-refractivity contribution in [3.63, 3.8) is 0 Å². The van der Waals surface area contributed by atoms with Crippen molar-refractivity contribution in [2.45, 2.75) is 20.3 Å². The van der Waals surface area contributed by atoms with Crippen LogP contribution in [-0.2, 0) is 6.42 Å². The zero-order valence-corrected chi connectivity index (χ0v) is 12.8. The number of carboxylic acid groups (broad SMARTS) is 1. The summed E-state index contributed by atoms with van der Waals surface area (Å²) in [6.07, 6.45) is 0.580. The maximum Gasteiger partial charge on any atom is 0.347 e. The first-order valence-electron chi connectivity index (χ1n) is 6.49. The van der Waals surface area contributed by atoms with Crippen molar-refractivity contribution >= 4 is 17.3 Å². The standard InChI is InChI=1S/C15H16FNO3S/c1-8(2)6-11-13(15(18)19)21-14(17-11)9-4-5-12(20-3)10(16)7-9/h4-5,7-8H,6H2,1-3H3,(H,18,19). The topological polar surface area (TPSA) is 59.4 Å². The van der Waals surface area contributed by atoms with Crippen LogP contribution in [0.25, 0.3) is 10.6 Å². The third-order valence-corrected chi connectivity index (χ3v) is 4.03. The summed E-state index contributed by atoms with van der Waals surface area (Å²) < 4.78 is 18.6. The lowest BCUT2D eigenvalue weighted by Crippen LogP contribution is -2.02. The number of rotatable bonds is 5. The number of nitrogens with zero attached hydrogens (tertiary/aromatic N) is 1. The summed E-state index contributed by atoms with van der Waals surface area (Å²) in [6, 6.07) is 4.49. The zero-order valence-electron chi connectivity index (χ0n) is 12.0. The molecule has 2 rings (SSSR count). The molecule has 0 aliphatic carbocycles. The fraction of sp³-hybridized carbons (Fsp3) is 0.333. The van der Waals surface area contributed by atoms with Gasteiger partial charge in [-0.05, 0) is 30.5 Å². The molecule has 6 heteroatoms. The van der Waals surface area contributed by atoms with Crippen LogP contribution in [0.15, 0.2) is 18.2 Å². The molecule has 4 nitrogen and oxygen atoms in total. The largest absolute Gasteiger partial charge is 0.494 e. The zero-order chi connectivity index (χ0) is 15.6. The number of methoxy groups -OCH3 is 1. The molecule has 1 aromatic carbocycles. The Morgan fingerprint density at radius 3 is 2.71 bits per heavy atom. The van der Waals surface area contributed by atoms with Crippen molar-refractivity contribution < 1.29 is 19.0 Å². The van der Waals surface area contributed by atoms with Crippen molar-refractivity contribution in [3.05, 3.63) is 34.6 Å². The number of hydrogen-bond donors (Lipinski definition) is 1. The highest BCUT2D eigenvalue weighted by Gasteiger charge is 2.19. The molecule has 1 aromatic heterocycles. The number of aromatic nitrogens is 1. The van der Waals surface area contributed by atoms with E-state index in [9.17, 15) is 14.3 Å². The van der Waals surface area contributed by atoms with Gasteiger partial charge in [-0.15, -0.1) is 11.3 Å². The summed E-state index contributed by atoms with van der Waals surface area (Å²) >= 11 is 1.07. The van der Waals surface area contributed by atoms with E-state index in [1.54, 1.807) is 6.07 Å². The van der Waals surface area contributed by atoms with Gasteiger partial charge in [0, 0.05) is 5.56 Å². The van der Waals surface area contributed by atoms with Gasteiger partial charge in [-0.2, -0.15) is 0 Å². The van der Waals surface area contributed by atoms with Gasteiger partial charge in [0.2, 0.25) is 0 Å². The molecule has 0 aliphatic heterocycles. The van der Waals surface area contributed by atoms with E-state index in [1.165, 1.54) is 19.2 Å². The maximum absolute atomic E-state index is 13.7. The van der Waals surface area contributed by atoms with E-state index in [4.69, 9.17) is 4.74 Å². The molecular formula is C15H16FNO3S. The normalized spacial score (nSPS) is 10.9. The van der Waals surface area contributed by atoms with E-state index in [0.29, 0.717) is 28.6 Å². The number of halogens is 1. The summed E-state index contributed by atoms with van der Waals surface area (Å²) in [5.74, 6) is -1.04. The van der Waals surface area contributed by atoms with Gasteiger partial charge in [0.15, 0.2) is 11.6 Å². The van der Waals surface area contributed by atoms with Crippen molar-refractivity contribution in [1.82, 2.24) is 4.98 Å². The van der Waals surface area contributed by atoms with Crippen LogP contribution < -0.4 is 4.74 Å². The molecule has 1 N–H and O–H groups in total. The van der Waals surface area contributed by atoms with E-state index in [-0.39, 0.29) is 10.6 Å². The molecule has 0 fully saturated rings. The van der Waals surface area contributed by atoms with Gasteiger partial charge in [-0.25, -0.2) is 14.2 Å². The van der Waals surface area contributed by atoms with Gasteiger partial charge in [0.1, 0.15) is 9.88 Å². The minimum atomic E-state index is -0.997. The van der Waals surface area contributed by atoms with Crippen LogP contribution in [0.2, 0.25) is 0 Å². The van der Waals surface area contributed by atoms with E-state index < -0.39 is 11.8 Å². The number of ether oxygens (including phenoxy) is 1. The Hall–Kier alpha value is -1.95. The van der Waals surface area contributed by atoms with Gasteiger partial charge >= 0.3 is 5.97 Å². The Labute approximate surface area is 126 Å². The summed E-state index contributed by atoms with van der Waals surface area (Å²) in [6.45, 7) is 4.00. The number of aromatic carboxylic acids is 1. The second-order valence-corrected chi connectivity index (χ2v) is 6.05. The third kappa shape index (κ3) is 3.39. The molecule has 0 spiro atoms. The van der Waals surface area contributed by atoms with Gasteiger partial charge in [0.05, 0.1) is 12.8 Å². The minimum Gasteiger partial charge on any atom is -0.494 e. The molecule has 0 atom stereocenters. The maximum atomic E-state index is 13.7. The van der Waals surface area contributed by atoms with Crippen LogP contribution in [-0.4, -0.2) is 23.2 Å². The monoisotopic (exact) mass is 309 g/mol. The average Bonchev–Trinajstić information content (AvgIpc) is 2.81. The number of carboxylic acids is 1. The molecular weight excluding hydrogens is 293 g/mol. The number of carbonyl (C=O) groups is 1. The fourth-order valence-corrected chi connectivity index (χ4v) is 2.89. The molecule has 0 bridgehead atoms. The molecule has 0 radical (unpaired) electrons. The second-order valence-electron chi connectivity index (χ2n) is 5.05. The Bertz CT molecular complexity index is 667. The van der Waals surface area contributed by atoms with Crippen LogP contribution in [0, 0.1) is 11.7 Å². The molecule has 0 aliphatic rings. The summed E-state index contributed by atoms with van der Waals surface area (Å²) in [5, 5.41) is 9.76. The number of benzene rings is 1. The average molecular weight is 309 g/mol. The highest BCUT2D eigenvalue weighted by Crippen LogP contribution is 2.31. The quantitative estimate of drug-likeness (QED) is 0.911. The van der Waals surface area contributed by atoms with E-state index in [2.05, 4.69) is 4.98 Å². The highest BCUT2D eigenvalue weighted by molar-refractivity contribution is 7.17. The minimum absolute atomic E-state index is 0.149. The molecule has 2 aromatic rings. The van der Waals surface area contributed by atoms with E-state index in [1.807, 2.05) is 13.8 Å². The van der Waals surface area contributed by atoms with Crippen LogP contribution in [0.5, 0.6) is 5.75 Å². The van der Waals surface area contributed by atoms with Crippen LogP contribution in [0.4, 0.5) is 4.39 Å². The van der Waals surface area contributed by atoms with E-state index >= 15 is 0 Å². The molecule has 0 saturated carbocycles. The fourth-order valence-electron chi connectivity index (χ4n) is 1.97. The van der Waals surface area contributed by atoms with Crippen molar-refractivity contribution in [2.24, 2.45) is 5.92 Å². The Morgan fingerprint density at radius 2 is 2.19 bits per heavy atom. The molecule has 0 amide bonds. The first-order chi connectivity index (χ1) is 9.92. The van der Waals surface area contributed by atoms with E-state index in [0.717, 1.165) is 11.3 Å². The Balaban J connectivity index is 2.44. The molecule has 21 heavy (non-hydrogen) atoms. The summed E-state index contributed by atoms with van der Waals surface area (Å²) in [7, 11) is 1.39. The van der Waals surface area contributed by atoms with Crippen LogP contribution >= 0.6 is 11.3 Å². The lowest BCUT2D eigenvalue weighted by molar-refractivity contribution is 0.0700. The molecule has 0 unspecified atom stereocenters. The highest BCUT2D eigenvalue weighted by atomic mass is 32.1. The smallest absolute Gasteiger partial charge is 0.347 e. The second kappa shape index (κ2) is 6.22. The summed E-state index contributed by atoms with van der Waals surface area (Å²) in [4.78, 5) is 15.9. The van der Waals surface area contributed by atoms with Crippen molar-refractivity contribution in [1.29, 1.82) is 0 Å². The SMILES string of the molecule is COc1ccc(-c2nc(CC(C)C)c(C(=O)O)s2)cc1F. The predicted molar refractivity (Wildman–Crippen MR) is 79.6 cm³/mol. The van der Waals surface area contributed by atoms with Crippen LogP contribution in [0.3, 0.4) is 0 Å². The lowest BCUT2D eigenvalue weighted by atomic mass is 10.1. The van der Waals surface area contributed by atoms with Crippen LogP contribution in [0.1, 0.15) is 29.2 Å². The first-order valence-corrected chi connectivity index (χ1v) is 7.31. The van der Waals surface area contributed by atoms with Gasteiger partial charge in [-0.1, -0.05) is 13.8 Å². The predicted octanol–water partition coefficient (Wildman–Crippen LogP) is 3.85. The molecule has 1 heterocycles. The van der Waals surface area contributed by atoms with Crippen molar-refractivity contribution in [3.8, 4) is 16.3 Å². The first kappa shape index (κ1) is 15.4. The number of thiazole rings is 1. The van der Waals surface area contributed by atoms with Crippen molar-refractivity contribution in [2.75, 3.05) is 7.11 Å². The van der Waals surface area contributed by atoms with Gasteiger partial charge in [0.25, 0.3) is 0 Å².